The molecule has 3 unspecified atom stereocenters. The van der Waals surface area contributed by atoms with Crippen LogP contribution in [0.4, 0.5) is 0 Å². The molecule has 2 rings (SSSR count). The smallest absolute Gasteiger partial charge is 0.293 e. The molecule has 0 aliphatic heterocycles. The van der Waals surface area contributed by atoms with Crippen LogP contribution in [0.1, 0.15) is 52.9 Å². The summed E-state index contributed by atoms with van der Waals surface area (Å²) >= 11 is 0. The summed E-state index contributed by atoms with van der Waals surface area (Å²) in [6.45, 7) is 6.77. The molecule has 2 bridgehead atoms. The second-order valence-electron chi connectivity index (χ2n) is 4.21. The molecule has 0 aromatic heterocycles. The van der Waals surface area contributed by atoms with Crippen molar-refractivity contribution < 1.29 is 9.53 Å². The van der Waals surface area contributed by atoms with Crippen LogP contribution in [0.2, 0.25) is 0 Å². The van der Waals surface area contributed by atoms with Gasteiger partial charge in [-0.15, -0.1) is 0 Å². The van der Waals surface area contributed by atoms with Crippen molar-refractivity contribution in [2.45, 2.75) is 58.5 Å². The molecule has 14 heavy (non-hydrogen) atoms. The Kier molecular flexibility index (Phi) is 3.97. The van der Waals surface area contributed by atoms with Crippen LogP contribution in [-0.2, 0) is 9.53 Å². The van der Waals surface area contributed by atoms with Crippen LogP contribution in [0, 0.1) is 11.8 Å². The van der Waals surface area contributed by atoms with E-state index in [2.05, 4.69) is 6.92 Å². The molecule has 0 aromatic carbocycles. The Morgan fingerprint density at radius 2 is 2.14 bits per heavy atom. The zero-order chi connectivity index (χ0) is 10.6. The normalized spacial score (nSPS) is 38.8. The molecule has 0 aromatic rings. The molecule has 2 aliphatic rings. The molecule has 0 N–H and O–H groups in total. The minimum absolute atomic E-state index is 0.0648. The standard InChI is InChI=1S/C10H16O2.C2H6/c1-2-10(12-7-11)6-8-3-4-9(10)5-8;1-2/h7-9H,2-6H2,1H3;1-2H3. The largest absolute Gasteiger partial charge is 0.461 e. The van der Waals surface area contributed by atoms with Crippen molar-refractivity contribution in [3.63, 3.8) is 0 Å². The molecule has 82 valence electrons. The summed E-state index contributed by atoms with van der Waals surface area (Å²) in [6, 6.07) is 0. The summed E-state index contributed by atoms with van der Waals surface area (Å²) in [6.07, 6.45) is 6.03. The molecule has 0 saturated heterocycles. The van der Waals surface area contributed by atoms with E-state index in [0.29, 0.717) is 12.4 Å². The minimum Gasteiger partial charge on any atom is -0.461 e. The van der Waals surface area contributed by atoms with Crippen LogP contribution in [0.25, 0.3) is 0 Å². The number of fused-ring (bicyclic) bond motifs is 2. The minimum atomic E-state index is -0.0648. The maximum absolute atomic E-state index is 10.4. The van der Waals surface area contributed by atoms with Gasteiger partial charge in [0, 0.05) is 0 Å². The number of rotatable bonds is 3. The summed E-state index contributed by atoms with van der Waals surface area (Å²) in [4.78, 5) is 10.4. The van der Waals surface area contributed by atoms with Crippen molar-refractivity contribution in [1.29, 1.82) is 0 Å². The third kappa shape index (κ3) is 1.79. The fourth-order valence-electron chi connectivity index (χ4n) is 3.15. The zero-order valence-corrected chi connectivity index (χ0v) is 9.58. The average molecular weight is 198 g/mol. The Morgan fingerprint density at radius 3 is 2.50 bits per heavy atom. The van der Waals surface area contributed by atoms with Crippen LogP contribution in [0.5, 0.6) is 0 Å². The van der Waals surface area contributed by atoms with Crippen LogP contribution in [-0.4, -0.2) is 12.1 Å². The maximum Gasteiger partial charge on any atom is 0.293 e. The lowest BCUT2D eigenvalue weighted by molar-refractivity contribution is -0.150. The van der Waals surface area contributed by atoms with Gasteiger partial charge in [-0.2, -0.15) is 0 Å². The number of carbonyl (C=O) groups is 1. The Bertz CT molecular complexity index is 191. The summed E-state index contributed by atoms with van der Waals surface area (Å²) in [5.74, 6) is 1.51. The highest BCUT2D eigenvalue weighted by Gasteiger charge is 2.51. The monoisotopic (exact) mass is 198 g/mol. The van der Waals surface area contributed by atoms with Gasteiger partial charge < -0.3 is 4.74 Å². The Balaban J connectivity index is 0.000000461. The summed E-state index contributed by atoms with van der Waals surface area (Å²) in [5.41, 5.74) is -0.0648. The molecule has 2 fully saturated rings. The van der Waals surface area contributed by atoms with E-state index < -0.39 is 0 Å². The van der Waals surface area contributed by atoms with Crippen molar-refractivity contribution in [3.8, 4) is 0 Å². The third-order valence-corrected chi connectivity index (χ3v) is 3.80. The number of hydrogen-bond acceptors (Lipinski definition) is 2. The van der Waals surface area contributed by atoms with Gasteiger partial charge in [-0.1, -0.05) is 20.8 Å². The van der Waals surface area contributed by atoms with Gasteiger partial charge >= 0.3 is 0 Å². The van der Waals surface area contributed by atoms with Crippen LogP contribution in [0.15, 0.2) is 0 Å². The molecule has 2 nitrogen and oxygen atoms in total. The predicted octanol–water partition coefficient (Wildman–Crippen LogP) is 3.15. The molecule has 0 radical (unpaired) electrons. The number of hydrogen-bond donors (Lipinski definition) is 0. The quantitative estimate of drug-likeness (QED) is 0.651. The first kappa shape index (κ1) is 11.5. The Labute approximate surface area is 87.0 Å². The molecule has 0 heterocycles. The molecule has 0 spiro atoms. The second-order valence-corrected chi connectivity index (χ2v) is 4.21. The SMILES string of the molecule is CC.CCC1(OC=O)CC2CCC1C2. The fraction of sp³-hybridized carbons (Fsp3) is 0.917. The lowest BCUT2D eigenvalue weighted by Gasteiger charge is -2.34. The van der Waals surface area contributed by atoms with E-state index in [9.17, 15) is 4.79 Å². The molecule has 0 amide bonds. The van der Waals surface area contributed by atoms with Crippen LogP contribution in [0.3, 0.4) is 0 Å². The van der Waals surface area contributed by atoms with E-state index >= 15 is 0 Å². The van der Waals surface area contributed by atoms with Gasteiger partial charge in [-0.05, 0) is 43.9 Å². The molecule has 2 saturated carbocycles. The van der Waals surface area contributed by atoms with Crippen molar-refractivity contribution in [2.24, 2.45) is 11.8 Å². The Hall–Kier alpha value is -0.530. The number of ether oxygens (including phenoxy) is 1. The topological polar surface area (TPSA) is 26.3 Å². The van der Waals surface area contributed by atoms with Gasteiger partial charge in [-0.25, -0.2) is 0 Å². The highest BCUT2D eigenvalue weighted by molar-refractivity contribution is 5.39. The first-order chi connectivity index (χ1) is 6.80. The van der Waals surface area contributed by atoms with E-state index in [1.807, 2.05) is 13.8 Å². The van der Waals surface area contributed by atoms with E-state index in [0.717, 1.165) is 18.8 Å². The summed E-state index contributed by atoms with van der Waals surface area (Å²) < 4.78 is 5.29. The van der Waals surface area contributed by atoms with E-state index in [4.69, 9.17) is 4.74 Å². The van der Waals surface area contributed by atoms with Gasteiger partial charge in [-0.3, -0.25) is 4.79 Å². The molecule has 2 heteroatoms. The first-order valence-electron chi connectivity index (χ1n) is 5.92. The van der Waals surface area contributed by atoms with Gasteiger partial charge in [0.1, 0.15) is 5.60 Å². The maximum atomic E-state index is 10.4. The van der Waals surface area contributed by atoms with Crippen molar-refractivity contribution in [2.75, 3.05) is 0 Å². The average Bonchev–Trinajstić information content (AvgIpc) is 2.81. The van der Waals surface area contributed by atoms with E-state index in [-0.39, 0.29) is 5.60 Å². The summed E-state index contributed by atoms with van der Waals surface area (Å²) in [5, 5.41) is 0. The lowest BCUT2D eigenvalue weighted by Crippen LogP contribution is -2.37. The molecule has 2 aliphatic carbocycles. The number of carbonyl (C=O) groups excluding carboxylic acids is 1. The van der Waals surface area contributed by atoms with Crippen molar-refractivity contribution >= 4 is 6.47 Å². The first-order valence-corrected chi connectivity index (χ1v) is 5.92. The van der Waals surface area contributed by atoms with Crippen molar-refractivity contribution in [1.82, 2.24) is 0 Å². The van der Waals surface area contributed by atoms with Crippen molar-refractivity contribution in [3.05, 3.63) is 0 Å². The fourth-order valence-corrected chi connectivity index (χ4v) is 3.15. The molecular weight excluding hydrogens is 176 g/mol. The van der Waals surface area contributed by atoms with Gasteiger partial charge in [0.2, 0.25) is 0 Å². The zero-order valence-electron chi connectivity index (χ0n) is 9.58. The van der Waals surface area contributed by atoms with Crippen LogP contribution >= 0.6 is 0 Å². The highest BCUT2D eigenvalue weighted by Crippen LogP contribution is 2.53. The van der Waals surface area contributed by atoms with Crippen LogP contribution < -0.4 is 0 Å². The second kappa shape index (κ2) is 4.81. The Morgan fingerprint density at radius 1 is 1.43 bits per heavy atom. The molecule has 3 atom stereocenters. The third-order valence-electron chi connectivity index (χ3n) is 3.80. The van der Waals surface area contributed by atoms with Gasteiger partial charge in [0.25, 0.3) is 6.47 Å². The predicted molar refractivity (Wildman–Crippen MR) is 57.0 cm³/mol. The van der Waals surface area contributed by atoms with Gasteiger partial charge in [0.05, 0.1) is 0 Å². The highest BCUT2D eigenvalue weighted by atomic mass is 16.5. The van der Waals surface area contributed by atoms with E-state index in [1.54, 1.807) is 0 Å². The lowest BCUT2D eigenvalue weighted by atomic mass is 9.82. The van der Waals surface area contributed by atoms with Gasteiger partial charge in [0.15, 0.2) is 0 Å². The van der Waals surface area contributed by atoms with E-state index in [1.165, 1.54) is 19.3 Å². The summed E-state index contributed by atoms with van der Waals surface area (Å²) in [7, 11) is 0. The molecular formula is C12H22O2.